The lowest BCUT2D eigenvalue weighted by molar-refractivity contribution is 0.0512. The second-order valence-corrected chi connectivity index (χ2v) is 10.4. The second kappa shape index (κ2) is 9.30. The molecule has 0 radical (unpaired) electrons. The van der Waals surface area contributed by atoms with Crippen LogP contribution in [0.2, 0.25) is 0 Å². The molecule has 3 rings (SSSR count). The Balaban J connectivity index is 2.02. The van der Waals surface area contributed by atoms with E-state index in [4.69, 9.17) is 9.47 Å². The van der Waals surface area contributed by atoms with Crippen molar-refractivity contribution < 1.29 is 19.4 Å². The fraction of sp³-hybridized carbons (Fsp3) is 0.667. The van der Waals surface area contributed by atoms with Gasteiger partial charge in [0.1, 0.15) is 17.2 Å². The quantitative estimate of drug-likeness (QED) is 0.624. The fourth-order valence-electron chi connectivity index (χ4n) is 3.28. The predicted molar refractivity (Wildman–Crippen MR) is 123 cm³/mol. The molecule has 31 heavy (non-hydrogen) atoms. The minimum Gasteiger partial charge on any atom is -0.443 e. The molecule has 3 heterocycles. The van der Waals surface area contributed by atoms with E-state index in [0.29, 0.717) is 48.1 Å². The molecule has 0 aliphatic carbocycles. The smallest absolute Gasteiger partial charge is 0.416 e. The largest absolute Gasteiger partial charge is 0.443 e. The third kappa shape index (κ3) is 6.54. The number of carbonyl (C=O) groups excluding carboxylic acids is 1. The van der Waals surface area contributed by atoms with Crippen LogP contribution in [0, 0.1) is 5.92 Å². The third-order valence-corrected chi connectivity index (χ3v) is 5.34. The first-order chi connectivity index (χ1) is 14.4. The first-order valence-corrected chi connectivity index (χ1v) is 11.3. The van der Waals surface area contributed by atoms with E-state index in [1.807, 2.05) is 20.8 Å². The minimum atomic E-state index is -0.918. The van der Waals surface area contributed by atoms with Gasteiger partial charge in [-0.15, -0.1) is 0 Å². The molecule has 10 heteroatoms. The third-order valence-electron chi connectivity index (χ3n) is 4.78. The molecule has 0 atom stereocenters. The molecule has 0 bridgehead atoms. The Morgan fingerprint density at radius 1 is 1.35 bits per heavy atom. The highest BCUT2D eigenvalue weighted by Gasteiger charge is 2.30. The molecular weight excluding hydrogens is 466 g/mol. The van der Waals surface area contributed by atoms with Crippen LogP contribution in [0.5, 0.6) is 0 Å². The number of aliphatic hydroxyl groups is 1. The van der Waals surface area contributed by atoms with Gasteiger partial charge < -0.3 is 19.9 Å². The number of rotatable bonds is 6. The van der Waals surface area contributed by atoms with Crippen molar-refractivity contribution in [2.45, 2.75) is 58.7 Å². The molecule has 0 saturated carbocycles. The van der Waals surface area contributed by atoms with Crippen molar-refractivity contribution in [3.8, 4) is 0 Å². The highest BCUT2D eigenvalue weighted by atomic mass is 79.9. The molecule has 2 N–H and O–H groups in total. The van der Waals surface area contributed by atoms with Gasteiger partial charge in [-0.2, -0.15) is 9.61 Å². The van der Waals surface area contributed by atoms with Crippen molar-refractivity contribution >= 4 is 39.3 Å². The number of carbonyl (C=O) groups is 1. The molecule has 0 spiro atoms. The van der Waals surface area contributed by atoms with Gasteiger partial charge >= 0.3 is 6.09 Å². The number of nitrogens with one attached hydrogen (secondary N) is 1. The van der Waals surface area contributed by atoms with E-state index < -0.39 is 17.3 Å². The second-order valence-electron chi connectivity index (χ2n) is 9.54. The number of hydrogen-bond donors (Lipinski definition) is 2. The molecule has 1 fully saturated rings. The summed E-state index contributed by atoms with van der Waals surface area (Å²) in [6, 6.07) is 1.77. The SMILES string of the molecule is CC(C)(O)CNc1cc(N(CC2CCOCC2)C(=O)OC(C)(C)C)n2ncc(Br)c2n1. The lowest BCUT2D eigenvalue weighted by Gasteiger charge is -2.32. The summed E-state index contributed by atoms with van der Waals surface area (Å²) in [4.78, 5) is 19.5. The summed E-state index contributed by atoms with van der Waals surface area (Å²) >= 11 is 3.49. The van der Waals surface area contributed by atoms with Gasteiger partial charge in [-0.3, -0.25) is 4.90 Å². The standard InChI is InChI=1S/C21H32BrN5O4/c1-20(2,3)31-19(28)26(12-14-6-8-30-9-7-14)17-10-16(23-13-21(4,5)29)25-18-15(22)11-24-27(17)18/h10-11,14,29H,6-9,12-13H2,1-5H3,(H,23,25). The zero-order valence-corrected chi connectivity index (χ0v) is 20.4. The van der Waals surface area contributed by atoms with Crippen LogP contribution in [0.4, 0.5) is 16.4 Å². The molecule has 2 aromatic heterocycles. The first kappa shape index (κ1) is 23.7. The van der Waals surface area contributed by atoms with Crippen molar-refractivity contribution in [2.24, 2.45) is 5.92 Å². The van der Waals surface area contributed by atoms with E-state index in [-0.39, 0.29) is 5.92 Å². The Bertz CT molecular complexity index is 913. The van der Waals surface area contributed by atoms with Crippen LogP contribution in [0.15, 0.2) is 16.7 Å². The summed E-state index contributed by atoms with van der Waals surface area (Å²) in [5.41, 5.74) is -0.987. The van der Waals surface area contributed by atoms with Crippen LogP contribution >= 0.6 is 15.9 Å². The van der Waals surface area contributed by atoms with Crippen molar-refractivity contribution in [1.82, 2.24) is 14.6 Å². The van der Waals surface area contributed by atoms with E-state index in [0.717, 1.165) is 12.8 Å². The summed E-state index contributed by atoms with van der Waals surface area (Å²) in [6.45, 7) is 11.1. The number of ether oxygens (including phenoxy) is 2. The number of amides is 1. The maximum atomic E-state index is 13.3. The summed E-state index contributed by atoms with van der Waals surface area (Å²) < 4.78 is 13.5. The van der Waals surface area contributed by atoms with Crippen LogP contribution in [0.1, 0.15) is 47.5 Å². The van der Waals surface area contributed by atoms with E-state index in [1.165, 1.54) is 0 Å². The maximum Gasteiger partial charge on any atom is 0.416 e. The molecular formula is C21H32BrN5O4. The maximum absolute atomic E-state index is 13.3. The average molecular weight is 498 g/mol. The summed E-state index contributed by atoms with van der Waals surface area (Å²) in [6.07, 6.45) is 2.96. The number of fused-ring (bicyclic) bond motifs is 1. The molecule has 2 aromatic rings. The zero-order chi connectivity index (χ0) is 22.8. The topological polar surface area (TPSA) is 101 Å². The number of hydrogen-bond acceptors (Lipinski definition) is 7. The highest BCUT2D eigenvalue weighted by Crippen LogP contribution is 2.28. The van der Waals surface area contributed by atoms with E-state index >= 15 is 0 Å². The van der Waals surface area contributed by atoms with Gasteiger partial charge in [0.15, 0.2) is 5.65 Å². The van der Waals surface area contributed by atoms with Gasteiger partial charge in [0.05, 0.1) is 16.3 Å². The molecule has 0 aromatic carbocycles. The van der Waals surface area contributed by atoms with Crippen LogP contribution < -0.4 is 10.2 Å². The van der Waals surface area contributed by atoms with Gasteiger partial charge in [0, 0.05) is 32.4 Å². The van der Waals surface area contributed by atoms with Crippen molar-refractivity contribution in [2.75, 3.05) is 36.5 Å². The van der Waals surface area contributed by atoms with Crippen molar-refractivity contribution in [3.05, 3.63) is 16.7 Å². The van der Waals surface area contributed by atoms with Gasteiger partial charge in [-0.05, 0) is 69.3 Å². The van der Waals surface area contributed by atoms with Gasteiger partial charge in [-0.25, -0.2) is 9.78 Å². The molecule has 172 valence electrons. The monoisotopic (exact) mass is 497 g/mol. The lowest BCUT2D eigenvalue weighted by atomic mass is 10.00. The molecule has 1 aliphatic rings. The predicted octanol–water partition coefficient (Wildman–Crippen LogP) is 3.84. The molecule has 9 nitrogen and oxygen atoms in total. The van der Waals surface area contributed by atoms with Crippen LogP contribution in [0.25, 0.3) is 5.65 Å². The fourth-order valence-corrected chi connectivity index (χ4v) is 3.62. The Kier molecular flexibility index (Phi) is 7.12. The lowest BCUT2D eigenvalue weighted by Crippen LogP contribution is -2.42. The molecule has 1 aliphatic heterocycles. The Hall–Kier alpha value is -1.91. The average Bonchev–Trinajstić information content (AvgIpc) is 3.04. The molecule has 1 saturated heterocycles. The van der Waals surface area contributed by atoms with Crippen LogP contribution in [-0.2, 0) is 9.47 Å². The van der Waals surface area contributed by atoms with E-state index in [2.05, 4.69) is 31.3 Å². The Labute approximate surface area is 191 Å². The minimum absolute atomic E-state index is 0.288. The van der Waals surface area contributed by atoms with Crippen molar-refractivity contribution in [1.29, 1.82) is 0 Å². The summed E-state index contributed by atoms with van der Waals surface area (Å²) in [5, 5.41) is 17.7. The van der Waals surface area contributed by atoms with E-state index in [1.54, 1.807) is 35.5 Å². The normalized spacial score (nSPS) is 15.8. The Morgan fingerprint density at radius 2 is 2.03 bits per heavy atom. The van der Waals surface area contributed by atoms with Gasteiger partial charge in [0.2, 0.25) is 0 Å². The Morgan fingerprint density at radius 3 is 2.65 bits per heavy atom. The van der Waals surface area contributed by atoms with Gasteiger partial charge in [0.25, 0.3) is 0 Å². The molecule has 1 amide bonds. The van der Waals surface area contributed by atoms with Crippen molar-refractivity contribution in [3.63, 3.8) is 0 Å². The van der Waals surface area contributed by atoms with Crippen LogP contribution in [0.3, 0.4) is 0 Å². The molecule has 0 unspecified atom stereocenters. The number of anilines is 2. The summed E-state index contributed by atoms with van der Waals surface area (Å²) in [7, 11) is 0. The number of halogens is 1. The zero-order valence-electron chi connectivity index (χ0n) is 18.8. The van der Waals surface area contributed by atoms with Gasteiger partial charge in [-0.1, -0.05) is 0 Å². The summed E-state index contributed by atoms with van der Waals surface area (Å²) in [5.74, 6) is 1.37. The highest BCUT2D eigenvalue weighted by molar-refractivity contribution is 9.10. The van der Waals surface area contributed by atoms with Crippen LogP contribution in [-0.4, -0.2) is 63.3 Å². The van der Waals surface area contributed by atoms with E-state index in [9.17, 15) is 9.90 Å². The number of aromatic nitrogens is 3. The number of nitrogens with zero attached hydrogens (tertiary/aromatic N) is 4. The first-order valence-electron chi connectivity index (χ1n) is 10.5.